The van der Waals surface area contributed by atoms with Crippen LogP contribution in [0.4, 0.5) is 0 Å². The minimum atomic E-state index is -4.59. The van der Waals surface area contributed by atoms with Gasteiger partial charge in [-0.25, -0.2) is 4.57 Å². The molecule has 0 saturated heterocycles. The Kier molecular flexibility index (Phi) is 20.6. The van der Waals surface area contributed by atoms with Crippen molar-refractivity contribution in [3.8, 4) is 0 Å². The van der Waals surface area contributed by atoms with E-state index in [-0.39, 0.29) is 12.8 Å². The second-order valence-electron chi connectivity index (χ2n) is 8.33. The summed E-state index contributed by atoms with van der Waals surface area (Å²) in [7, 11) is -4.59. The maximum Gasteiger partial charge on any atom is 0.472 e. The molecule has 11 heteroatoms. The lowest BCUT2D eigenvalue weighted by Gasteiger charge is -2.20. The first-order chi connectivity index (χ1) is 16.3. The summed E-state index contributed by atoms with van der Waals surface area (Å²) in [6.07, 6.45) is 9.00. The molecule has 3 unspecified atom stereocenters. The highest BCUT2D eigenvalue weighted by molar-refractivity contribution is 7.47. The first-order valence-electron chi connectivity index (χ1n) is 12.5. The van der Waals surface area contributed by atoms with E-state index >= 15 is 0 Å². The number of rotatable bonds is 23. The number of unbranched alkanes of at least 4 members (excludes halogenated alkanes) is 9. The Morgan fingerprint density at radius 1 is 0.676 bits per heavy atom. The van der Waals surface area contributed by atoms with Crippen LogP contribution >= 0.6 is 7.82 Å². The summed E-state index contributed by atoms with van der Waals surface area (Å²) < 4.78 is 31.8. The van der Waals surface area contributed by atoms with Gasteiger partial charge in [0.25, 0.3) is 0 Å². The third-order valence-corrected chi connectivity index (χ3v) is 6.02. The van der Waals surface area contributed by atoms with Crippen LogP contribution in [0.15, 0.2) is 0 Å². The third-order valence-electron chi connectivity index (χ3n) is 5.07. The zero-order chi connectivity index (χ0) is 25.7. The molecule has 0 radical (unpaired) electrons. The molecule has 0 aromatic rings. The van der Waals surface area contributed by atoms with Gasteiger partial charge in [0.1, 0.15) is 12.2 Å². The van der Waals surface area contributed by atoms with E-state index in [0.717, 1.165) is 57.8 Å². The molecule has 34 heavy (non-hydrogen) atoms. The number of hydrogen-bond donors (Lipinski definition) is 3. The molecule has 10 nitrogen and oxygen atoms in total. The summed E-state index contributed by atoms with van der Waals surface area (Å²) in [6.45, 7) is 1.95. The molecule has 3 atom stereocenters. The second kappa shape index (κ2) is 21.3. The number of aliphatic hydroxyl groups excluding tert-OH is 2. The van der Waals surface area contributed by atoms with E-state index in [1.54, 1.807) is 0 Å². The number of ether oxygens (including phenoxy) is 2. The van der Waals surface area contributed by atoms with Crippen molar-refractivity contribution < 1.29 is 47.8 Å². The molecule has 0 amide bonds. The summed E-state index contributed by atoms with van der Waals surface area (Å²) in [6, 6.07) is 0. The Morgan fingerprint density at radius 2 is 1.03 bits per heavy atom. The number of esters is 2. The predicted molar refractivity (Wildman–Crippen MR) is 127 cm³/mol. The zero-order valence-electron chi connectivity index (χ0n) is 20.8. The fourth-order valence-electron chi connectivity index (χ4n) is 3.05. The fraction of sp³-hybridized carbons (Fsp3) is 0.913. The molecule has 202 valence electrons. The Hall–Kier alpha value is -1.03. The van der Waals surface area contributed by atoms with E-state index in [4.69, 9.17) is 18.5 Å². The van der Waals surface area contributed by atoms with Gasteiger partial charge >= 0.3 is 19.8 Å². The smallest absolute Gasteiger partial charge is 0.457 e. The molecule has 0 bridgehead atoms. The van der Waals surface area contributed by atoms with Gasteiger partial charge in [-0.3, -0.25) is 18.6 Å². The Balaban J connectivity index is 4.21. The Bertz CT molecular complexity index is 572. The lowest BCUT2D eigenvalue weighted by Crippen LogP contribution is -2.28. The highest BCUT2D eigenvalue weighted by Gasteiger charge is 2.27. The summed E-state index contributed by atoms with van der Waals surface area (Å²) >= 11 is 0. The highest BCUT2D eigenvalue weighted by Crippen LogP contribution is 2.43. The van der Waals surface area contributed by atoms with Crippen molar-refractivity contribution in [2.24, 2.45) is 0 Å². The number of hydrogen-bond acceptors (Lipinski definition) is 9. The van der Waals surface area contributed by atoms with Gasteiger partial charge in [-0.05, 0) is 12.8 Å². The van der Waals surface area contributed by atoms with Crippen LogP contribution in [-0.2, 0) is 32.7 Å². The van der Waals surface area contributed by atoms with E-state index in [9.17, 15) is 29.3 Å². The monoisotopic (exact) mass is 512 g/mol. The van der Waals surface area contributed by atoms with Crippen molar-refractivity contribution in [3.63, 3.8) is 0 Å². The van der Waals surface area contributed by atoms with E-state index in [1.165, 1.54) is 0 Å². The molecule has 0 aromatic heterocycles. The summed E-state index contributed by atoms with van der Waals surface area (Å²) in [4.78, 5) is 33.5. The topological polar surface area (TPSA) is 149 Å². The average molecular weight is 513 g/mol. The maximum atomic E-state index is 12.1. The molecule has 0 fully saturated rings. The summed E-state index contributed by atoms with van der Waals surface area (Å²) in [5, 5.41) is 18.7. The molecule has 0 aliphatic rings. The van der Waals surface area contributed by atoms with Gasteiger partial charge in [0.05, 0.1) is 26.4 Å². The lowest BCUT2D eigenvalue weighted by molar-refractivity contribution is -0.153. The van der Waals surface area contributed by atoms with Crippen molar-refractivity contribution >= 4 is 19.8 Å². The molecule has 3 N–H and O–H groups in total. The highest BCUT2D eigenvalue weighted by atomic mass is 31.2. The second-order valence-corrected chi connectivity index (χ2v) is 9.78. The van der Waals surface area contributed by atoms with Crippen LogP contribution in [0.25, 0.3) is 0 Å². The maximum absolute atomic E-state index is 12.1. The number of aliphatic hydroxyl groups is 2. The van der Waals surface area contributed by atoms with E-state index < -0.39 is 58.4 Å². The Labute approximate surface area is 203 Å². The zero-order valence-corrected chi connectivity index (χ0v) is 21.7. The van der Waals surface area contributed by atoms with Crippen molar-refractivity contribution in [3.05, 3.63) is 0 Å². The van der Waals surface area contributed by atoms with Crippen LogP contribution in [0.2, 0.25) is 0 Å². The first kappa shape index (κ1) is 33.0. The minimum Gasteiger partial charge on any atom is -0.457 e. The van der Waals surface area contributed by atoms with Gasteiger partial charge in [-0.15, -0.1) is 0 Å². The fourth-order valence-corrected chi connectivity index (χ4v) is 3.84. The number of carbonyl (C=O) groups is 2. The van der Waals surface area contributed by atoms with Gasteiger partial charge in [-0.1, -0.05) is 71.6 Å². The van der Waals surface area contributed by atoms with Gasteiger partial charge < -0.3 is 24.6 Å². The predicted octanol–water partition coefficient (Wildman–Crippen LogP) is 4.04. The summed E-state index contributed by atoms with van der Waals surface area (Å²) in [5.41, 5.74) is 0. The SMILES string of the molecule is CCCCCCCCC(=O)OC(CO)COP(=O)(O)OCC(CO)OC(=O)CCCCCCC. The van der Waals surface area contributed by atoms with Crippen molar-refractivity contribution in [1.29, 1.82) is 0 Å². The molecule has 0 spiro atoms. The molecule has 0 aliphatic carbocycles. The van der Waals surface area contributed by atoms with Gasteiger partial charge in [0.15, 0.2) is 0 Å². The molecular weight excluding hydrogens is 467 g/mol. The quantitative estimate of drug-likeness (QED) is 0.104. The molecule has 0 saturated carbocycles. The van der Waals surface area contributed by atoms with Gasteiger partial charge in [0, 0.05) is 12.8 Å². The number of carbonyl (C=O) groups excluding carboxylic acids is 2. The van der Waals surface area contributed by atoms with Gasteiger partial charge in [-0.2, -0.15) is 0 Å². The molecule has 0 rings (SSSR count). The van der Waals surface area contributed by atoms with Crippen LogP contribution in [0.5, 0.6) is 0 Å². The van der Waals surface area contributed by atoms with E-state index in [0.29, 0.717) is 12.8 Å². The lowest BCUT2D eigenvalue weighted by atomic mass is 10.1. The average Bonchev–Trinajstić information content (AvgIpc) is 2.81. The molecular formula is C23H45O10P. The molecule has 0 aromatic carbocycles. The minimum absolute atomic E-state index is 0.190. The number of phosphoric ester groups is 1. The van der Waals surface area contributed by atoms with Crippen LogP contribution < -0.4 is 0 Å². The van der Waals surface area contributed by atoms with E-state index in [1.807, 2.05) is 0 Å². The van der Waals surface area contributed by atoms with Crippen molar-refractivity contribution in [2.45, 2.75) is 110 Å². The van der Waals surface area contributed by atoms with Crippen LogP contribution in [0.3, 0.4) is 0 Å². The third kappa shape index (κ3) is 19.3. The van der Waals surface area contributed by atoms with Crippen molar-refractivity contribution in [2.75, 3.05) is 26.4 Å². The largest absolute Gasteiger partial charge is 0.472 e. The van der Waals surface area contributed by atoms with E-state index in [2.05, 4.69) is 13.8 Å². The first-order valence-corrected chi connectivity index (χ1v) is 14.0. The van der Waals surface area contributed by atoms with Crippen LogP contribution in [0, 0.1) is 0 Å². The molecule has 0 aliphatic heterocycles. The number of phosphoric acid groups is 1. The Morgan fingerprint density at radius 3 is 1.38 bits per heavy atom. The van der Waals surface area contributed by atoms with Gasteiger partial charge in [0.2, 0.25) is 0 Å². The normalized spacial score (nSPS) is 14.9. The van der Waals surface area contributed by atoms with Crippen molar-refractivity contribution in [1.82, 2.24) is 0 Å². The molecule has 0 heterocycles. The summed E-state index contributed by atoms with van der Waals surface area (Å²) in [5.74, 6) is -1.04. The van der Waals surface area contributed by atoms with Crippen LogP contribution in [-0.4, -0.2) is 65.7 Å². The standard InChI is InChI=1S/C23H45O10P/c1-3-5-7-9-11-13-15-23(27)33-21(17-25)19-31-34(28,29)30-18-20(16-24)32-22(26)14-12-10-8-6-4-2/h20-21,24-25H,3-19H2,1-2H3,(H,28,29). The van der Waals surface area contributed by atoms with Crippen LogP contribution in [0.1, 0.15) is 97.3 Å².